The van der Waals surface area contributed by atoms with E-state index >= 15 is 0 Å². The number of hydrogen-bond donors (Lipinski definition) is 1. The molecule has 1 aliphatic rings. The molecule has 6 heteroatoms. The maximum absolute atomic E-state index is 13.7. The molecule has 0 saturated heterocycles. The highest BCUT2D eigenvalue weighted by molar-refractivity contribution is 5.92. The molecular weight excluding hydrogens is 264 g/mol. The zero-order valence-corrected chi connectivity index (χ0v) is 10.4. The summed E-state index contributed by atoms with van der Waals surface area (Å²) in [4.78, 5) is 19.4. The molecule has 4 nitrogen and oxygen atoms in total. The van der Waals surface area contributed by atoms with Crippen LogP contribution in [0.3, 0.4) is 0 Å². The lowest BCUT2D eigenvalue weighted by atomic mass is 9.95. The van der Waals surface area contributed by atoms with Crippen molar-refractivity contribution in [1.82, 2.24) is 9.97 Å². The van der Waals surface area contributed by atoms with E-state index in [1.54, 1.807) is 0 Å². The number of nitrogens with two attached hydrogens (primary N) is 1. The SMILES string of the molecule is NC(=O)c1nccnc1[C@@H]1CCc2c(F)cc(F)cc21. The Morgan fingerprint density at radius 1 is 1.25 bits per heavy atom. The molecule has 0 fully saturated rings. The molecule has 0 spiro atoms. The highest BCUT2D eigenvalue weighted by Gasteiger charge is 2.31. The van der Waals surface area contributed by atoms with Crippen molar-refractivity contribution < 1.29 is 13.6 Å². The third-order valence-corrected chi connectivity index (χ3v) is 3.54. The molecule has 1 aromatic carbocycles. The summed E-state index contributed by atoms with van der Waals surface area (Å²) in [5.74, 6) is -2.26. The molecule has 1 aliphatic carbocycles. The van der Waals surface area contributed by atoms with Crippen LogP contribution < -0.4 is 5.73 Å². The summed E-state index contributed by atoms with van der Waals surface area (Å²) in [6.07, 6.45) is 3.83. The predicted molar refractivity (Wildman–Crippen MR) is 67.1 cm³/mol. The number of halogens is 2. The van der Waals surface area contributed by atoms with Crippen LogP contribution in [-0.4, -0.2) is 15.9 Å². The number of nitrogens with zero attached hydrogens (tertiary/aromatic N) is 2. The molecular formula is C14H11F2N3O. The Labute approximate surface area is 113 Å². The minimum absolute atomic E-state index is 0.0509. The number of rotatable bonds is 2. The standard InChI is InChI=1S/C14H11F2N3O/c15-7-5-10-8(11(16)6-7)1-2-9(10)12-13(14(17)20)19-4-3-18-12/h3-6,9H,1-2H2,(H2,17,20)/t9-/m1/s1. The van der Waals surface area contributed by atoms with Gasteiger partial charge in [0, 0.05) is 24.4 Å². The van der Waals surface area contributed by atoms with Crippen LogP contribution in [0.25, 0.3) is 0 Å². The van der Waals surface area contributed by atoms with E-state index in [1.165, 1.54) is 18.5 Å². The fourth-order valence-corrected chi connectivity index (χ4v) is 2.72. The van der Waals surface area contributed by atoms with Gasteiger partial charge in [0.15, 0.2) is 0 Å². The van der Waals surface area contributed by atoms with Gasteiger partial charge in [-0.25, -0.2) is 13.8 Å². The van der Waals surface area contributed by atoms with Gasteiger partial charge >= 0.3 is 0 Å². The average Bonchev–Trinajstić information content (AvgIpc) is 2.82. The number of amides is 1. The first kappa shape index (κ1) is 12.7. The van der Waals surface area contributed by atoms with Gasteiger partial charge in [-0.1, -0.05) is 0 Å². The van der Waals surface area contributed by atoms with Crippen molar-refractivity contribution in [2.75, 3.05) is 0 Å². The maximum atomic E-state index is 13.7. The third-order valence-electron chi connectivity index (χ3n) is 3.54. The molecule has 0 bridgehead atoms. The zero-order chi connectivity index (χ0) is 14.3. The van der Waals surface area contributed by atoms with Crippen LogP contribution in [-0.2, 0) is 6.42 Å². The summed E-state index contributed by atoms with van der Waals surface area (Å²) in [6, 6.07) is 2.16. The monoisotopic (exact) mass is 275 g/mol. The number of aromatic nitrogens is 2. The van der Waals surface area contributed by atoms with Gasteiger partial charge in [0.05, 0.1) is 5.69 Å². The van der Waals surface area contributed by atoms with E-state index in [4.69, 9.17) is 5.73 Å². The molecule has 1 aromatic heterocycles. The van der Waals surface area contributed by atoms with Crippen molar-refractivity contribution in [2.24, 2.45) is 5.73 Å². The maximum Gasteiger partial charge on any atom is 0.269 e. The Morgan fingerprint density at radius 3 is 2.75 bits per heavy atom. The van der Waals surface area contributed by atoms with Crippen molar-refractivity contribution in [3.05, 3.63) is 58.7 Å². The lowest BCUT2D eigenvalue weighted by Crippen LogP contribution is -2.18. The molecule has 0 unspecified atom stereocenters. The predicted octanol–water partition coefficient (Wildman–Crippen LogP) is 1.93. The van der Waals surface area contributed by atoms with E-state index in [1.807, 2.05) is 0 Å². The van der Waals surface area contributed by atoms with Crippen molar-refractivity contribution in [1.29, 1.82) is 0 Å². The summed E-state index contributed by atoms with van der Waals surface area (Å²) < 4.78 is 27.1. The topological polar surface area (TPSA) is 68.9 Å². The second-order valence-corrected chi connectivity index (χ2v) is 4.70. The molecule has 1 amide bonds. The molecule has 0 aliphatic heterocycles. The fourth-order valence-electron chi connectivity index (χ4n) is 2.72. The van der Waals surface area contributed by atoms with Crippen LogP contribution in [0.5, 0.6) is 0 Å². The van der Waals surface area contributed by atoms with Crippen molar-refractivity contribution in [3.8, 4) is 0 Å². The number of benzene rings is 1. The van der Waals surface area contributed by atoms with Gasteiger partial charge < -0.3 is 5.73 Å². The van der Waals surface area contributed by atoms with Crippen LogP contribution in [0.4, 0.5) is 8.78 Å². The first-order valence-corrected chi connectivity index (χ1v) is 6.16. The molecule has 102 valence electrons. The van der Waals surface area contributed by atoms with Crippen molar-refractivity contribution in [3.63, 3.8) is 0 Å². The zero-order valence-electron chi connectivity index (χ0n) is 10.4. The molecule has 2 N–H and O–H groups in total. The van der Waals surface area contributed by atoms with Gasteiger partial charge in [0.1, 0.15) is 17.3 Å². The van der Waals surface area contributed by atoms with Gasteiger partial charge in [-0.05, 0) is 30.0 Å². The quantitative estimate of drug-likeness (QED) is 0.910. The molecule has 3 rings (SSSR count). The minimum atomic E-state index is -0.696. The van der Waals surface area contributed by atoms with E-state index in [9.17, 15) is 13.6 Å². The van der Waals surface area contributed by atoms with E-state index < -0.39 is 17.5 Å². The number of fused-ring (bicyclic) bond motifs is 1. The molecule has 1 heterocycles. The number of carbonyl (C=O) groups is 1. The highest BCUT2D eigenvalue weighted by atomic mass is 19.1. The number of hydrogen-bond acceptors (Lipinski definition) is 3. The summed E-state index contributed by atoms with van der Waals surface area (Å²) in [5, 5.41) is 0. The first-order valence-electron chi connectivity index (χ1n) is 6.16. The Hall–Kier alpha value is -2.37. The van der Waals surface area contributed by atoms with Crippen LogP contribution >= 0.6 is 0 Å². The lowest BCUT2D eigenvalue weighted by molar-refractivity contribution is 0.0993. The second-order valence-electron chi connectivity index (χ2n) is 4.70. The molecule has 2 aromatic rings. The van der Waals surface area contributed by atoms with Gasteiger partial charge in [-0.2, -0.15) is 0 Å². The molecule has 0 radical (unpaired) electrons. The Bertz CT molecular complexity index is 703. The van der Waals surface area contributed by atoms with Crippen LogP contribution in [0, 0.1) is 11.6 Å². The average molecular weight is 275 g/mol. The van der Waals surface area contributed by atoms with E-state index in [2.05, 4.69) is 9.97 Å². The van der Waals surface area contributed by atoms with Crippen LogP contribution in [0.1, 0.15) is 39.6 Å². The fraction of sp³-hybridized carbons (Fsp3) is 0.214. The van der Waals surface area contributed by atoms with Gasteiger partial charge in [0.25, 0.3) is 5.91 Å². The van der Waals surface area contributed by atoms with Gasteiger partial charge in [-0.3, -0.25) is 9.78 Å². The summed E-state index contributed by atoms with van der Waals surface area (Å²) in [6.45, 7) is 0. The summed E-state index contributed by atoms with van der Waals surface area (Å²) in [5.41, 5.74) is 6.69. The molecule has 20 heavy (non-hydrogen) atoms. The van der Waals surface area contributed by atoms with Crippen molar-refractivity contribution in [2.45, 2.75) is 18.8 Å². The summed E-state index contributed by atoms with van der Waals surface area (Å²) >= 11 is 0. The molecule has 1 atom stereocenters. The number of carbonyl (C=O) groups excluding carboxylic acids is 1. The van der Waals surface area contributed by atoms with E-state index in [0.29, 0.717) is 29.7 Å². The van der Waals surface area contributed by atoms with Crippen LogP contribution in [0.15, 0.2) is 24.5 Å². The Balaban J connectivity index is 2.15. The second kappa shape index (κ2) is 4.63. The Morgan fingerprint density at radius 2 is 2.00 bits per heavy atom. The largest absolute Gasteiger partial charge is 0.364 e. The third kappa shape index (κ3) is 1.93. The minimum Gasteiger partial charge on any atom is -0.364 e. The highest BCUT2D eigenvalue weighted by Crippen LogP contribution is 2.39. The van der Waals surface area contributed by atoms with Crippen LogP contribution in [0.2, 0.25) is 0 Å². The summed E-state index contributed by atoms with van der Waals surface area (Å²) in [7, 11) is 0. The normalized spacial score (nSPS) is 17.0. The molecule has 0 saturated carbocycles. The van der Waals surface area contributed by atoms with E-state index in [-0.39, 0.29) is 11.6 Å². The lowest BCUT2D eigenvalue weighted by Gasteiger charge is -2.13. The number of primary amides is 1. The van der Waals surface area contributed by atoms with E-state index in [0.717, 1.165) is 6.07 Å². The Kier molecular flexibility index (Phi) is 2.93. The van der Waals surface area contributed by atoms with Gasteiger partial charge in [0.2, 0.25) is 0 Å². The van der Waals surface area contributed by atoms with Gasteiger partial charge in [-0.15, -0.1) is 0 Å². The first-order chi connectivity index (χ1) is 9.58. The smallest absolute Gasteiger partial charge is 0.269 e. The van der Waals surface area contributed by atoms with Crippen molar-refractivity contribution >= 4 is 5.91 Å².